The predicted molar refractivity (Wildman–Crippen MR) is 48.3 cm³/mol. The lowest BCUT2D eigenvalue weighted by Crippen LogP contribution is -2.04. The molecular formula is C7H9ClN2O2S. The fourth-order valence-corrected chi connectivity index (χ4v) is 3.24. The highest BCUT2D eigenvalue weighted by Crippen LogP contribution is 2.29. The third-order valence-electron chi connectivity index (χ3n) is 2.24. The van der Waals surface area contributed by atoms with E-state index in [2.05, 4.69) is 5.10 Å². The van der Waals surface area contributed by atoms with Crippen molar-refractivity contribution in [3.63, 3.8) is 0 Å². The van der Waals surface area contributed by atoms with Crippen molar-refractivity contribution in [2.24, 2.45) is 7.05 Å². The Bertz CT molecular complexity index is 449. The average Bonchev–Trinajstić information content (AvgIpc) is 2.41. The van der Waals surface area contributed by atoms with Gasteiger partial charge in [0.05, 0.1) is 5.69 Å². The molecule has 0 saturated carbocycles. The maximum Gasteiger partial charge on any atom is 0.278 e. The molecule has 1 aliphatic carbocycles. The quantitative estimate of drug-likeness (QED) is 0.659. The zero-order valence-electron chi connectivity index (χ0n) is 7.12. The van der Waals surface area contributed by atoms with Crippen LogP contribution in [-0.4, -0.2) is 18.2 Å². The summed E-state index contributed by atoms with van der Waals surface area (Å²) in [6.07, 6.45) is 2.60. The van der Waals surface area contributed by atoms with Gasteiger partial charge >= 0.3 is 0 Å². The monoisotopic (exact) mass is 220 g/mol. The number of hydrogen-bond acceptors (Lipinski definition) is 3. The second-order valence-electron chi connectivity index (χ2n) is 3.15. The van der Waals surface area contributed by atoms with Crippen molar-refractivity contribution in [2.75, 3.05) is 0 Å². The molecule has 0 saturated heterocycles. The van der Waals surface area contributed by atoms with Crippen molar-refractivity contribution in [3.8, 4) is 0 Å². The van der Waals surface area contributed by atoms with Crippen molar-refractivity contribution in [2.45, 2.75) is 24.3 Å². The van der Waals surface area contributed by atoms with E-state index in [4.69, 9.17) is 10.7 Å². The molecule has 72 valence electrons. The SMILES string of the molecule is Cn1nc2c(c1S(=O)(=O)Cl)CCC2. The van der Waals surface area contributed by atoms with E-state index < -0.39 is 9.05 Å². The Morgan fingerprint density at radius 2 is 2.15 bits per heavy atom. The van der Waals surface area contributed by atoms with Gasteiger partial charge in [-0.2, -0.15) is 5.10 Å². The fraction of sp³-hybridized carbons (Fsp3) is 0.571. The second kappa shape index (κ2) is 2.72. The van der Waals surface area contributed by atoms with Gasteiger partial charge in [-0.05, 0) is 19.3 Å². The summed E-state index contributed by atoms with van der Waals surface area (Å²) in [7, 11) is 3.26. The van der Waals surface area contributed by atoms with Crippen LogP contribution < -0.4 is 0 Å². The van der Waals surface area contributed by atoms with Crippen molar-refractivity contribution >= 4 is 19.7 Å². The van der Waals surface area contributed by atoms with Gasteiger partial charge in [0, 0.05) is 23.3 Å². The number of nitrogens with zero attached hydrogens (tertiary/aromatic N) is 2. The Morgan fingerprint density at radius 1 is 1.46 bits per heavy atom. The molecule has 0 atom stereocenters. The summed E-state index contributed by atoms with van der Waals surface area (Å²) in [4.78, 5) is 0. The fourth-order valence-electron chi connectivity index (χ4n) is 1.80. The number of hydrogen-bond donors (Lipinski definition) is 0. The molecule has 0 unspecified atom stereocenters. The average molecular weight is 221 g/mol. The van der Waals surface area contributed by atoms with Gasteiger partial charge in [-0.3, -0.25) is 4.68 Å². The third-order valence-corrected chi connectivity index (χ3v) is 3.65. The molecule has 0 radical (unpaired) electrons. The Balaban J connectivity index is 2.70. The Labute approximate surface area is 80.9 Å². The van der Waals surface area contributed by atoms with Gasteiger partial charge in [-0.15, -0.1) is 0 Å². The number of halogens is 1. The molecule has 0 N–H and O–H groups in total. The molecule has 2 rings (SSSR count). The van der Waals surface area contributed by atoms with Gasteiger partial charge in [0.25, 0.3) is 9.05 Å². The van der Waals surface area contributed by atoms with E-state index in [1.807, 2.05) is 0 Å². The topological polar surface area (TPSA) is 52.0 Å². The normalized spacial score (nSPS) is 16.2. The minimum atomic E-state index is -3.64. The third kappa shape index (κ3) is 1.36. The predicted octanol–water partition coefficient (Wildman–Crippen LogP) is 0.836. The smallest absolute Gasteiger partial charge is 0.256 e. The molecule has 0 fully saturated rings. The van der Waals surface area contributed by atoms with Crippen molar-refractivity contribution in [1.29, 1.82) is 0 Å². The van der Waals surface area contributed by atoms with Crippen molar-refractivity contribution in [1.82, 2.24) is 9.78 Å². The molecule has 0 aromatic carbocycles. The van der Waals surface area contributed by atoms with Crippen LogP contribution in [0.15, 0.2) is 5.03 Å². The molecule has 1 aromatic heterocycles. The van der Waals surface area contributed by atoms with Crippen LogP contribution >= 0.6 is 10.7 Å². The molecule has 1 aromatic rings. The molecular weight excluding hydrogens is 212 g/mol. The van der Waals surface area contributed by atoms with Crippen LogP contribution in [0, 0.1) is 0 Å². The number of rotatable bonds is 1. The minimum Gasteiger partial charge on any atom is -0.256 e. The Hall–Kier alpha value is -0.550. The van der Waals surface area contributed by atoms with Gasteiger partial charge in [0.2, 0.25) is 0 Å². The lowest BCUT2D eigenvalue weighted by Gasteiger charge is -1.98. The summed E-state index contributed by atoms with van der Waals surface area (Å²) in [6.45, 7) is 0. The first-order valence-electron chi connectivity index (χ1n) is 3.99. The number of fused-ring (bicyclic) bond motifs is 1. The number of aryl methyl sites for hydroxylation is 2. The maximum absolute atomic E-state index is 11.2. The largest absolute Gasteiger partial charge is 0.278 e. The zero-order valence-corrected chi connectivity index (χ0v) is 8.69. The summed E-state index contributed by atoms with van der Waals surface area (Å²) in [6, 6.07) is 0. The first kappa shape index (κ1) is 9.02. The van der Waals surface area contributed by atoms with E-state index in [0.29, 0.717) is 0 Å². The van der Waals surface area contributed by atoms with E-state index in [0.717, 1.165) is 30.5 Å². The van der Waals surface area contributed by atoms with Gasteiger partial charge in [-0.1, -0.05) is 0 Å². The molecule has 0 amide bonds. The van der Waals surface area contributed by atoms with Crippen LogP contribution in [-0.2, 0) is 28.9 Å². The lowest BCUT2D eigenvalue weighted by molar-refractivity contribution is 0.584. The highest BCUT2D eigenvalue weighted by molar-refractivity contribution is 8.13. The molecule has 6 heteroatoms. The lowest BCUT2D eigenvalue weighted by atomic mass is 10.3. The van der Waals surface area contributed by atoms with Crippen molar-refractivity contribution in [3.05, 3.63) is 11.3 Å². The van der Waals surface area contributed by atoms with Crippen LogP contribution in [0.25, 0.3) is 0 Å². The Kier molecular flexibility index (Phi) is 1.89. The van der Waals surface area contributed by atoms with E-state index in [9.17, 15) is 8.42 Å². The summed E-state index contributed by atoms with van der Waals surface area (Å²) in [5.41, 5.74) is 1.68. The van der Waals surface area contributed by atoms with Gasteiger partial charge in [-0.25, -0.2) is 8.42 Å². The van der Waals surface area contributed by atoms with Gasteiger partial charge in [0.1, 0.15) is 0 Å². The highest BCUT2D eigenvalue weighted by atomic mass is 35.7. The number of aromatic nitrogens is 2. The summed E-state index contributed by atoms with van der Waals surface area (Å²) < 4.78 is 23.7. The van der Waals surface area contributed by atoms with Crippen LogP contribution in [0.4, 0.5) is 0 Å². The highest BCUT2D eigenvalue weighted by Gasteiger charge is 2.27. The first-order chi connectivity index (χ1) is 6.00. The van der Waals surface area contributed by atoms with Crippen molar-refractivity contribution < 1.29 is 8.42 Å². The second-order valence-corrected chi connectivity index (χ2v) is 5.63. The van der Waals surface area contributed by atoms with Crippen LogP contribution in [0.3, 0.4) is 0 Å². The van der Waals surface area contributed by atoms with E-state index >= 15 is 0 Å². The molecule has 0 aliphatic heterocycles. The zero-order chi connectivity index (χ0) is 9.64. The molecule has 0 bridgehead atoms. The minimum absolute atomic E-state index is 0.168. The summed E-state index contributed by atoms with van der Waals surface area (Å²) in [5.74, 6) is 0. The van der Waals surface area contributed by atoms with Crippen LogP contribution in [0.5, 0.6) is 0 Å². The van der Waals surface area contributed by atoms with Crippen LogP contribution in [0.2, 0.25) is 0 Å². The molecule has 0 spiro atoms. The molecule has 4 nitrogen and oxygen atoms in total. The molecule has 1 heterocycles. The summed E-state index contributed by atoms with van der Waals surface area (Å²) >= 11 is 0. The van der Waals surface area contributed by atoms with E-state index in [-0.39, 0.29) is 5.03 Å². The Morgan fingerprint density at radius 3 is 2.77 bits per heavy atom. The van der Waals surface area contributed by atoms with Gasteiger partial charge in [0.15, 0.2) is 5.03 Å². The standard InChI is InChI=1S/C7H9ClN2O2S/c1-10-7(13(8,11)12)5-3-2-4-6(5)9-10/h2-4H2,1H3. The maximum atomic E-state index is 11.2. The summed E-state index contributed by atoms with van der Waals surface area (Å²) in [5, 5.41) is 4.28. The molecule has 1 aliphatic rings. The van der Waals surface area contributed by atoms with E-state index in [1.165, 1.54) is 4.68 Å². The van der Waals surface area contributed by atoms with Crippen LogP contribution in [0.1, 0.15) is 17.7 Å². The van der Waals surface area contributed by atoms with Gasteiger partial charge < -0.3 is 0 Å². The van der Waals surface area contributed by atoms with E-state index in [1.54, 1.807) is 7.05 Å². The molecule has 13 heavy (non-hydrogen) atoms. The first-order valence-corrected chi connectivity index (χ1v) is 6.30.